The van der Waals surface area contributed by atoms with Crippen LogP contribution < -0.4 is 10.6 Å². The summed E-state index contributed by atoms with van der Waals surface area (Å²) in [6, 6.07) is -0.267. The second-order valence-electron chi connectivity index (χ2n) is 4.40. The minimum Gasteiger partial charge on any atom is -0.481 e. The van der Waals surface area contributed by atoms with E-state index in [0.717, 1.165) is 12.8 Å². The largest absolute Gasteiger partial charge is 0.481 e. The van der Waals surface area contributed by atoms with E-state index in [1.54, 1.807) is 0 Å². The van der Waals surface area contributed by atoms with Crippen molar-refractivity contribution < 1.29 is 19.5 Å². The summed E-state index contributed by atoms with van der Waals surface area (Å²) < 4.78 is 0. The molecule has 0 bridgehead atoms. The van der Waals surface area contributed by atoms with Crippen LogP contribution in [-0.4, -0.2) is 54.1 Å². The van der Waals surface area contributed by atoms with Crippen LogP contribution in [0, 0.1) is 0 Å². The van der Waals surface area contributed by atoms with E-state index in [4.69, 9.17) is 5.11 Å². The highest BCUT2D eigenvalue weighted by Crippen LogP contribution is 1.99. The molecule has 0 atom stereocenters. The van der Waals surface area contributed by atoms with Crippen LogP contribution in [-0.2, 0) is 9.59 Å². The summed E-state index contributed by atoms with van der Waals surface area (Å²) in [5.41, 5.74) is 0. The minimum absolute atomic E-state index is 0.0508. The topological polar surface area (TPSA) is 98.7 Å². The van der Waals surface area contributed by atoms with Gasteiger partial charge in [0.15, 0.2) is 0 Å². The van der Waals surface area contributed by atoms with E-state index in [1.165, 1.54) is 4.90 Å². The molecule has 0 saturated heterocycles. The van der Waals surface area contributed by atoms with Crippen molar-refractivity contribution in [1.29, 1.82) is 0 Å². The number of likely N-dealkylation sites (N-methyl/N-ethyl adjacent to an activating group) is 2. The van der Waals surface area contributed by atoms with Gasteiger partial charge in [0.05, 0.1) is 0 Å². The molecule has 0 aliphatic rings. The molecule has 0 unspecified atom stereocenters. The molecule has 0 spiro atoms. The number of urea groups is 1. The average molecular weight is 287 g/mol. The van der Waals surface area contributed by atoms with Crippen LogP contribution in [0.15, 0.2) is 0 Å². The molecule has 0 aromatic rings. The standard InChI is InChI=1S/C13H25N3O4/c1-3-14-11(17)10-16(4-2)13(20)15-9-7-5-6-8-12(18)19/h3-10H2,1-2H3,(H,14,17)(H,15,20)(H,18,19). The monoisotopic (exact) mass is 287 g/mol. The molecule has 0 aromatic carbocycles. The SMILES string of the molecule is CCNC(=O)CN(CC)C(=O)NCCCCCC(=O)O. The Kier molecular flexibility index (Phi) is 10.1. The van der Waals surface area contributed by atoms with Crippen molar-refractivity contribution in [2.45, 2.75) is 39.5 Å². The highest BCUT2D eigenvalue weighted by Gasteiger charge is 2.14. The fraction of sp³-hybridized carbons (Fsp3) is 0.769. The maximum absolute atomic E-state index is 11.8. The van der Waals surface area contributed by atoms with E-state index in [0.29, 0.717) is 26.1 Å². The van der Waals surface area contributed by atoms with Crippen molar-refractivity contribution in [3.05, 3.63) is 0 Å². The maximum Gasteiger partial charge on any atom is 0.317 e. The second-order valence-corrected chi connectivity index (χ2v) is 4.40. The normalized spacial score (nSPS) is 9.90. The number of rotatable bonds is 10. The van der Waals surface area contributed by atoms with Crippen molar-refractivity contribution in [2.24, 2.45) is 0 Å². The summed E-state index contributed by atoms with van der Waals surface area (Å²) in [6.45, 7) is 5.18. The predicted octanol–water partition coefficient (Wildman–Crippen LogP) is 0.799. The molecule has 0 saturated carbocycles. The number of hydrogen-bond donors (Lipinski definition) is 3. The molecule has 3 amide bonds. The Bertz CT molecular complexity index is 321. The fourth-order valence-electron chi connectivity index (χ4n) is 1.64. The highest BCUT2D eigenvalue weighted by molar-refractivity contribution is 5.83. The number of carboxylic acid groups (broad SMARTS) is 1. The number of nitrogens with zero attached hydrogens (tertiary/aromatic N) is 1. The van der Waals surface area contributed by atoms with E-state index < -0.39 is 5.97 Å². The third-order valence-corrected chi connectivity index (χ3v) is 2.72. The molecule has 0 aromatic heterocycles. The molecule has 0 fully saturated rings. The maximum atomic E-state index is 11.8. The number of carbonyl (C=O) groups is 3. The molecule has 7 nitrogen and oxygen atoms in total. The van der Waals surface area contributed by atoms with Crippen LogP contribution in [0.1, 0.15) is 39.5 Å². The molecule has 0 heterocycles. The van der Waals surface area contributed by atoms with Gasteiger partial charge in [0.2, 0.25) is 5.91 Å². The average Bonchev–Trinajstić information content (AvgIpc) is 2.39. The van der Waals surface area contributed by atoms with Gasteiger partial charge in [-0.05, 0) is 26.7 Å². The number of amides is 3. The van der Waals surface area contributed by atoms with Crippen molar-refractivity contribution in [1.82, 2.24) is 15.5 Å². The van der Waals surface area contributed by atoms with Crippen LogP contribution >= 0.6 is 0 Å². The summed E-state index contributed by atoms with van der Waals surface area (Å²) in [5, 5.41) is 13.8. The van der Waals surface area contributed by atoms with Gasteiger partial charge in [0.1, 0.15) is 6.54 Å². The zero-order valence-electron chi connectivity index (χ0n) is 12.3. The molecule has 0 aliphatic heterocycles. The van der Waals surface area contributed by atoms with Gasteiger partial charge in [0, 0.05) is 26.1 Å². The third-order valence-electron chi connectivity index (χ3n) is 2.72. The van der Waals surface area contributed by atoms with Gasteiger partial charge in [-0.15, -0.1) is 0 Å². The van der Waals surface area contributed by atoms with Crippen molar-refractivity contribution in [2.75, 3.05) is 26.2 Å². The smallest absolute Gasteiger partial charge is 0.317 e. The van der Waals surface area contributed by atoms with Gasteiger partial charge in [-0.25, -0.2) is 4.79 Å². The van der Waals surface area contributed by atoms with Crippen LogP contribution in [0.5, 0.6) is 0 Å². The van der Waals surface area contributed by atoms with Crippen LogP contribution in [0.25, 0.3) is 0 Å². The van der Waals surface area contributed by atoms with Crippen molar-refractivity contribution in [3.8, 4) is 0 Å². The Hall–Kier alpha value is -1.79. The number of hydrogen-bond acceptors (Lipinski definition) is 3. The predicted molar refractivity (Wildman–Crippen MR) is 75.4 cm³/mol. The zero-order valence-corrected chi connectivity index (χ0v) is 12.3. The lowest BCUT2D eigenvalue weighted by Gasteiger charge is -2.20. The number of unbranched alkanes of at least 4 members (excludes halogenated alkanes) is 2. The van der Waals surface area contributed by atoms with E-state index >= 15 is 0 Å². The number of carboxylic acids is 1. The molecule has 116 valence electrons. The van der Waals surface area contributed by atoms with Gasteiger partial charge in [0.25, 0.3) is 0 Å². The van der Waals surface area contributed by atoms with Gasteiger partial charge < -0.3 is 20.6 Å². The molecular weight excluding hydrogens is 262 g/mol. The summed E-state index contributed by atoms with van der Waals surface area (Å²) in [6.07, 6.45) is 2.26. The lowest BCUT2D eigenvalue weighted by atomic mass is 10.2. The molecule has 20 heavy (non-hydrogen) atoms. The Balaban J connectivity index is 3.81. The summed E-state index contributed by atoms with van der Waals surface area (Å²) in [4.78, 5) is 34.9. The van der Waals surface area contributed by atoms with Crippen molar-refractivity contribution >= 4 is 17.9 Å². The van der Waals surface area contributed by atoms with Gasteiger partial charge in [-0.1, -0.05) is 6.42 Å². The Morgan fingerprint density at radius 1 is 1.05 bits per heavy atom. The van der Waals surface area contributed by atoms with Crippen LogP contribution in [0.3, 0.4) is 0 Å². The Labute approximate surface area is 119 Å². The number of aliphatic carboxylic acids is 1. The lowest BCUT2D eigenvalue weighted by molar-refractivity contribution is -0.137. The van der Waals surface area contributed by atoms with Crippen molar-refractivity contribution in [3.63, 3.8) is 0 Å². The van der Waals surface area contributed by atoms with E-state index in [1.807, 2.05) is 13.8 Å². The molecule has 7 heteroatoms. The van der Waals surface area contributed by atoms with E-state index in [-0.39, 0.29) is 24.9 Å². The minimum atomic E-state index is -0.798. The quantitative estimate of drug-likeness (QED) is 0.517. The highest BCUT2D eigenvalue weighted by atomic mass is 16.4. The molecule has 3 N–H and O–H groups in total. The summed E-state index contributed by atoms with van der Waals surface area (Å²) in [5.74, 6) is -0.973. The summed E-state index contributed by atoms with van der Waals surface area (Å²) in [7, 11) is 0. The molecule has 0 rings (SSSR count). The Morgan fingerprint density at radius 2 is 1.75 bits per heavy atom. The second kappa shape index (κ2) is 11.1. The lowest BCUT2D eigenvalue weighted by Crippen LogP contribution is -2.45. The van der Waals surface area contributed by atoms with Gasteiger partial charge >= 0.3 is 12.0 Å². The first-order valence-electron chi connectivity index (χ1n) is 7.02. The zero-order chi connectivity index (χ0) is 15.4. The number of nitrogens with one attached hydrogen (secondary N) is 2. The molecule has 0 aliphatic carbocycles. The first-order valence-corrected chi connectivity index (χ1v) is 7.02. The van der Waals surface area contributed by atoms with Gasteiger partial charge in [-0.2, -0.15) is 0 Å². The van der Waals surface area contributed by atoms with E-state index in [9.17, 15) is 14.4 Å². The van der Waals surface area contributed by atoms with Gasteiger partial charge in [-0.3, -0.25) is 9.59 Å². The molecule has 0 radical (unpaired) electrons. The van der Waals surface area contributed by atoms with Crippen LogP contribution in [0.4, 0.5) is 4.79 Å². The first kappa shape index (κ1) is 18.2. The number of carbonyl (C=O) groups excluding carboxylic acids is 2. The fourth-order valence-corrected chi connectivity index (χ4v) is 1.64. The Morgan fingerprint density at radius 3 is 2.30 bits per heavy atom. The van der Waals surface area contributed by atoms with E-state index in [2.05, 4.69) is 10.6 Å². The molecular formula is C13H25N3O4. The van der Waals surface area contributed by atoms with Crippen LogP contribution in [0.2, 0.25) is 0 Å². The third kappa shape index (κ3) is 9.18. The summed E-state index contributed by atoms with van der Waals surface area (Å²) >= 11 is 0. The first-order chi connectivity index (χ1) is 9.51.